The number of hydrogen-bond acceptors (Lipinski definition) is 12. The van der Waals surface area contributed by atoms with Crippen molar-refractivity contribution in [1.29, 1.82) is 0 Å². The Labute approximate surface area is 539 Å². The molecule has 7 aromatic rings. The number of amides is 2. The third kappa shape index (κ3) is 19.7. The number of ether oxygens (including phenoxy) is 2. The third-order valence-electron chi connectivity index (χ3n) is 14.9. The molecule has 5 aromatic heterocycles. The van der Waals surface area contributed by atoms with Gasteiger partial charge in [-0.1, -0.05) is 48.7 Å². The normalized spacial score (nSPS) is 16.5. The fourth-order valence-electron chi connectivity index (χ4n) is 10.2. The molecule has 0 aliphatic heterocycles. The van der Waals surface area contributed by atoms with Crippen LogP contribution in [-0.2, 0) is 32.9 Å². The Morgan fingerprint density at radius 2 is 0.946 bits per heavy atom. The number of aromatic carboxylic acids is 1. The number of rotatable bonds is 12. The van der Waals surface area contributed by atoms with Gasteiger partial charge in [0.05, 0.1) is 52.1 Å². The van der Waals surface area contributed by atoms with Crippen molar-refractivity contribution >= 4 is 69.9 Å². The first-order valence-corrected chi connectivity index (χ1v) is 30.0. The van der Waals surface area contributed by atoms with Gasteiger partial charge in [0, 0.05) is 59.8 Å². The summed E-state index contributed by atoms with van der Waals surface area (Å²) in [4.78, 5) is 72.9. The molecule has 0 unspecified atom stereocenters. The standard InChI is InChI=1S/C29H30F3N3O4.C19H27NO4.C11H6ClF3N2.C6H2Cl2F3N/c1-17(2)35(27(36)20-6-4-18(3)5-7-20)25-11-8-21(16-22(25)28(37)38)39-26-23(29(30,31)32)9-10-24(34-26)19-12-14-33-15-13-19;1-12(2)20(18(22)14-7-5-13(3)6-8-14)17-10-9-15(21)11-16(17)19(23)24-4;12-10-8(11(13,14)15)1-2-9(17-10)7-3-5-16-6-4-7;7-4-2-1-3(5(8)12-4)6(9,10)11/h8-18,20H,4-7H2,1-3H3,(H,37,38);9-14,21H,5-8H2,1-4H3;1-6H;1-2H. The molecule has 2 amide bonds. The lowest BCUT2D eigenvalue weighted by molar-refractivity contribution is -0.139. The average Bonchev–Trinajstić information content (AvgIpc) is 1.06. The first-order chi connectivity index (χ1) is 43.2. The highest BCUT2D eigenvalue weighted by Crippen LogP contribution is 2.42. The fourth-order valence-corrected chi connectivity index (χ4v) is 10.9. The number of halogens is 12. The average molecular weight is 1350 g/mol. The molecule has 27 heteroatoms. The number of benzene rings is 2. The minimum Gasteiger partial charge on any atom is -0.508 e. The van der Waals surface area contributed by atoms with Crippen LogP contribution in [0.5, 0.6) is 17.4 Å². The Morgan fingerprint density at radius 1 is 0.533 bits per heavy atom. The zero-order chi connectivity index (χ0) is 68.0. The number of pyridine rings is 5. The number of carboxylic acid groups (broad SMARTS) is 1. The molecule has 2 aromatic carbocycles. The number of alkyl halides is 9. The Kier molecular flexibility index (Phi) is 25.4. The summed E-state index contributed by atoms with van der Waals surface area (Å²) < 4.78 is 125. The molecule has 0 radical (unpaired) electrons. The zero-order valence-corrected chi connectivity index (χ0v) is 52.9. The van der Waals surface area contributed by atoms with Gasteiger partial charge in [-0.3, -0.25) is 19.6 Å². The van der Waals surface area contributed by atoms with E-state index in [0.29, 0.717) is 34.3 Å². The third-order valence-corrected chi connectivity index (χ3v) is 15.7. The number of esters is 1. The van der Waals surface area contributed by atoms with Crippen LogP contribution < -0.4 is 14.5 Å². The highest BCUT2D eigenvalue weighted by atomic mass is 35.5. The number of methoxy groups -OCH3 is 1. The second-order valence-electron chi connectivity index (χ2n) is 22.3. The molecule has 492 valence electrons. The van der Waals surface area contributed by atoms with E-state index in [0.717, 1.165) is 81.7 Å². The molecule has 9 rings (SSSR count). The summed E-state index contributed by atoms with van der Waals surface area (Å²) in [7, 11) is 1.29. The topological polar surface area (TPSA) is 198 Å². The van der Waals surface area contributed by atoms with Gasteiger partial charge in [-0.2, -0.15) is 39.5 Å². The van der Waals surface area contributed by atoms with Crippen LogP contribution in [0.4, 0.5) is 50.9 Å². The van der Waals surface area contributed by atoms with Gasteiger partial charge in [0.15, 0.2) is 0 Å². The van der Waals surface area contributed by atoms with Gasteiger partial charge < -0.3 is 29.5 Å². The lowest BCUT2D eigenvalue weighted by atomic mass is 9.82. The smallest absolute Gasteiger partial charge is 0.421 e. The molecule has 15 nitrogen and oxygen atoms in total. The molecule has 2 fully saturated rings. The SMILES string of the molecule is CC1CCC(C(=O)N(c2ccc(Oc3nc(-c4ccncc4)ccc3C(F)(F)F)cc2C(=O)O)C(C)C)CC1.COC(=O)c1cc(O)ccc1N(C(=O)C1CCC(C)CC1)C(C)C.FC(F)(F)c1ccc(-c2ccncc2)nc1Cl.FC(F)(F)c1ccc(Cl)nc1Cl. The van der Waals surface area contributed by atoms with Crippen LogP contribution in [0.25, 0.3) is 22.5 Å². The van der Waals surface area contributed by atoms with E-state index >= 15 is 0 Å². The van der Waals surface area contributed by atoms with Crippen LogP contribution in [0.1, 0.15) is 130 Å². The predicted molar refractivity (Wildman–Crippen MR) is 330 cm³/mol. The maximum absolute atomic E-state index is 13.8. The van der Waals surface area contributed by atoms with Gasteiger partial charge in [-0.05, 0) is 188 Å². The minimum atomic E-state index is -4.76. The van der Waals surface area contributed by atoms with Crippen molar-refractivity contribution in [2.24, 2.45) is 23.7 Å². The summed E-state index contributed by atoms with van der Waals surface area (Å²) in [6.07, 6.45) is -0.492. The summed E-state index contributed by atoms with van der Waals surface area (Å²) in [6, 6.07) is 20.5. The van der Waals surface area contributed by atoms with E-state index in [1.807, 2.05) is 13.8 Å². The molecule has 0 bridgehead atoms. The van der Waals surface area contributed by atoms with Crippen molar-refractivity contribution in [1.82, 2.24) is 24.9 Å². The molecule has 5 heterocycles. The summed E-state index contributed by atoms with van der Waals surface area (Å²) in [5.41, 5.74) is -0.580. The number of carboxylic acids is 1. The highest BCUT2D eigenvalue weighted by molar-refractivity contribution is 6.33. The number of aromatic nitrogens is 5. The van der Waals surface area contributed by atoms with Crippen molar-refractivity contribution in [3.63, 3.8) is 0 Å². The maximum Gasteiger partial charge on any atom is 0.421 e. The molecule has 92 heavy (non-hydrogen) atoms. The number of nitrogens with zero attached hydrogens (tertiary/aromatic N) is 7. The zero-order valence-electron chi connectivity index (χ0n) is 50.7. The Bertz CT molecular complexity index is 3660. The monoisotopic (exact) mass is 1350 g/mol. The van der Waals surface area contributed by atoms with Crippen LogP contribution in [0.2, 0.25) is 15.5 Å². The Hall–Kier alpha value is -8.09. The number of aromatic hydroxyl groups is 1. The Morgan fingerprint density at radius 3 is 1.36 bits per heavy atom. The van der Waals surface area contributed by atoms with Crippen molar-refractivity contribution < 1.29 is 78.4 Å². The number of phenols is 1. The van der Waals surface area contributed by atoms with Crippen molar-refractivity contribution in [2.75, 3.05) is 16.9 Å². The Balaban J connectivity index is 0.000000215. The number of hydrogen-bond donors (Lipinski definition) is 2. The van der Waals surface area contributed by atoms with Crippen LogP contribution >= 0.6 is 34.8 Å². The minimum absolute atomic E-state index is 0.0112. The lowest BCUT2D eigenvalue weighted by Gasteiger charge is -2.34. The molecule has 2 aliphatic rings. The second-order valence-corrected chi connectivity index (χ2v) is 23.4. The quantitative estimate of drug-likeness (QED) is 0.0666. The lowest BCUT2D eigenvalue weighted by Crippen LogP contribution is -2.43. The van der Waals surface area contributed by atoms with Crippen LogP contribution in [-0.4, -0.2) is 78.1 Å². The highest BCUT2D eigenvalue weighted by Gasteiger charge is 2.39. The van der Waals surface area contributed by atoms with Gasteiger partial charge in [-0.15, -0.1) is 0 Å². The van der Waals surface area contributed by atoms with Crippen molar-refractivity contribution in [2.45, 2.75) is 124 Å². The molecular weight excluding hydrogens is 1280 g/mol. The van der Waals surface area contributed by atoms with Crippen LogP contribution in [0.15, 0.2) is 122 Å². The van der Waals surface area contributed by atoms with E-state index in [2.05, 4.69) is 38.8 Å². The number of carbonyl (C=O) groups excluding carboxylic acids is 3. The summed E-state index contributed by atoms with van der Waals surface area (Å²) >= 11 is 16.0. The van der Waals surface area contributed by atoms with E-state index < -0.39 is 63.3 Å². The van der Waals surface area contributed by atoms with E-state index in [4.69, 9.17) is 44.3 Å². The van der Waals surface area contributed by atoms with Crippen LogP contribution in [0, 0.1) is 23.7 Å². The van der Waals surface area contributed by atoms with Gasteiger partial charge in [0.1, 0.15) is 32.5 Å². The van der Waals surface area contributed by atoms with Gasteiger partial charge in [0.25, 0.3) is 0 Å². The second kappa shape index (κ2) is 32.0. The molecule has 0 saturated heterocycles. The van der Waals surface area contributed by atoms with Crippen molar-refractivity contribution in [3.05, 3.63) is 165 Å². The maximum atomic E-state index is 13.8. The van der Waals surface area contributed by atoms with E-state index in [1.165, 1.54) is 73.2 Å². The molecule has 2 N–H and O–H groups in total. The van der Waals surface area contributed by atoms with Gasteiger partial charge in [-0.25, -0.2) is 24.5 Å². The summed E-state index contributed by atoms with van der Waals surface area (Å²) in [5, 5.41) is 18.5. The molecular formula is C65H65Cl3F9N7O8. The number of carbonyl (C=O) groups is 4. The van der Waals surface area contributed by atoms with E-state index in [-0.39, 0.29) is 74.9 Å². The largest absolute Gasteiger partial charge is 0.508 e. The predicted octanol–water partition coefficient (Wildman–Crippen LogP) is 18.2. The fraction of sp³-hybridized carbons (Fsp3) is 0.369. The molecule has 2 aliphatic carbocycles. The first-order valence-electron chi connectivity index (χ1n) is 28.8. The van der Waals surface area contributed by atoms with E-state index in [1.54, 1.807) is 49.1 Å². The van der Waals surface area contributed by atoms with E-state index in [9.17, 15) is 68.9 Å². The summed E-state index contributed by atoms with van der Waals surface area (Å²) in [6.45, 7) is 11.8. The summed E-state index contributed by atoms with van der Waals surface area (Å²) in [5.74, 6) is -1.90. The molecule has 0 atom stereocenters. The number of anilines is 2. The molecule has 2 saturated carbocycles. The molecule has 0 spiro atoms. The van der Waals surface area contributed by atoms with Crippen molar-refractivity contribution in [3.8, 4) is 39.9 Å². The van der Waals surface area contributed by atoms with Crippen LogP contribution in [0.3, 0.4) is 0 Å². The van der Waals surface area contributed by atoms with Gasteiger partial charge >= 0.3 is 30.5 Å². The first kappa shape index (κ1) is 73.0. The number of phenolic OH excluding ortho intramolecular Hbond substituents is 1. The van der Waals surface area contributed by atoms with Gasteiger partial charge in [0.2, 0.25) is 17.7 Å².